The van der Waals surface area contributed by atoms with Crippen molar-refractivity contribution in [2.45, 2.75) is 13.5 Å². The summed E-state index contributed by atoms with van der Waals surface area (Å²) in [5.74, 6) is 0.495. The average molecular weight is 371 g/mol. The Labute approximate surface area is 153 Å². The minimum absolute atomic E-state index is 0.229. The molecule has 26 heavy (non-hydrogen) atoms. The molecule has 1 amide bonds. The maximum absolute atomic E-state index is 12.1. The number of amides is 1. The van der Waals surface area contributed by atoms with Gasteiger partial charge in [0.25, 0.3) is 11.5 Å². The summed E-state index contributed by atoms with van der Waals surface area (Å²) >= 11 is 1.04. The number of rotatable bonds is 6. The van der Waals surface area contributed by atoms with Crippen molar-refractivity contribution in [2.24, 2.45) is 0 Å². The second-order valence-corrected chi connectivity index (χ2v) is 6.21. The summed E-state index contributed by atoms with van der Waals surface area (Å²) < 4.78 is 10.2. The molecule has 3 aromatic rings. The number of carbonyl (C=O) groups is 1. The fourth-order valence-corrected chi connectivity index (χ4v) is 2.89. The first-order valence-corrected chi connectivity index (χ1v) is 8.65. The normalized spacial score (nSPS) is 10.5. The largest absolute Gasteiger partial charge is 0.497 e. The zero-order valence-electron chi connectivity index (χ0n) is 14.3. The summed E-state index contributed by atoms with van der Waals surface area (Å²) in [6.45, 7) is 2.26. The van der Waals surface area contributed by atoms with Gasteiger partial charge >= 0.3 is 0 Å². The molecule has 0 radical (unpaired) electrons. The summed E-state index contributed by atoms with van der Waals surface area (Å²) in [6, 6.07) is 10.5. The minimum Gasteiger partial charge on any atom is -0.497 e. The molecule has 3 rings (SSSR count). The van der Waals surface area contributed by atoms with E-state index < -0.39 is 0 Å². The van der Waals surface area contributed by atoms with E-state index in [1.807, 2.05) is 24.3 Å². The van der Waals surface area contributed by atoms with Gasteiger partial charge in [0.15, 0.2) is 0 Å². The summed E-state index contributed by atoms with van der Waals surface area (Å²) in [5, 5.41) is 10.9. The van der Waals surface area contributed by atoms with Crippen LogP contribution < -0.4 is 15.6 Å². The molecule has 0 unspecified atom stereocenters. The minimum atomic E-state index is -0.253. The quantitative estimate of drug-likeness (QED) is 0.705. The number of nitrogens with one attached hydrogen (secondary N) is 1. The van der Waals surface area contributed by atoms with Crippen molar-refractivity contribution in [3.05, 3.63) is 57.3 Å². The molecule has 0 bridgehead atoms. The highest BCUT2D eigenvalue weighted by Crippen LogP contribution is 2.19. The number of aromatic nitrogens is 4. The van der Waals surface area contributed by atoms with E-state index in [2.05, 4.69) is 20.0 Å². The fourth-order valence-electron chi connectivity index (χ4n) is 2.32. The predicted octanol–water partition coefficient (Wildman–Crippen LogP) is 1.51. The zero-order valence-corrected chi connectivity index (χ0v) is 15.1. The molecule has 0 fully saturated rings. The van der Waals surface area contributed by atoms with E-state index >= 15 is 0 Å². The molecular formula is C17H17N5O3S. The van der Waals surface area contributed by atoms with Gasteiger partial charge in [-0.3, -0.25) is 9.59 Å². The van der Waals surface area contributed by atoms with E-state index in [-0.39, 0.29) is 24.6 Å². The lowest BCUT2D eigenvalue weighted by atomic mass is 10.1. The molecule has 0 aliphatic heterocycles. The molecule has 0 aliphatic carbocycles. The monoisotopic (exact) mass is 371 g/mol. The molecule has 1 aromatic carbocycles. The third-order valence-electron chi connectivity index (χ3n) is 3.72. The molecule has 1 N–H and O–H groups in total. The first kappa shape index (κ1) is 17.7. The predicted molar refractivity (Wildman–Crippen MR) is 97.5 cm³/mol. The summed E-state index contributed by atoms with van der Waals surface area (Å²) in [7, 11) is 1.60. The van der Waals surface area contributed by atoms with Crippen molar-refractivity contribution in [3.63, 3.8) is 0 Å². The molecule has 0 atom stereocenters. The molecule has 0 spiro atoms. The van der Waals surface area contributed by atoms with Crippen molar-refractivity contribution < 1.29 is 9.53 Å². The fraction of sp³-hybridized carbons (Fsp3) is 0.235. The first-order chi connectivity index (χ1) is 12.6. The van der Waals surface area contributed by atoms with Crippen molar-refractivity contribution in [1.82, 2.24) is 24.7 Å². The number of methoxy groups -OCH3 is 1. The Morgan fingerprint density at radius 1 is 1.23 bits per heavy atom. The Balaban J connectivity index is 1.69. The average Bonchev–Trinajstić information content (AvgIpc) is 3.09. The molecule has 134 valence electrons. The highest BCUT2D eigenvalue weighted by atomic mass is 32.1. The number of hydrogen-bond acceptors (Lipinski definition) is 7. The van der Waals surface area contributed by atoms with Gasteiger partial charge in [-0.1, -0.05) is 4.49 Å². The molecule has 0 saturated heterocycles. The first-order valence-electron chi connectivity index (χ1n) is 7.88. The van der Waals surface area contributed by atoms with Crippen molar-refractivity contribution in [3.8, 4) is 17.0 Å². The molecule has 2 aromatic heterocycles. The number of carbonyl (C=O) groups excluding carboxylic acids is 1. The SMILES string of the molecule is COc1ccc(-c2ccc(=O)n(CCNC(=O)c3snnc3C)n2)cc1. The zero-order chi connectivity index (χ0) is 18.5. The second-order valence-electron chi connectivity index (χ2n) is 5.45. The van der Waals surface area contributed by atoms with Crippen LogP contribution in [0.3, 0.4) is 0 Å². The van der Waals surface area contributed by atoms with Crippen LogP contribution in [0.15, 0.2) is 41.2 Å². The van der Waals surface area contributed by atoms with Crippen LogP contribution in [0.5, 0.6) is 5.75 Å². The molecule has 0 saturated carbocycles. The number of hydrogen-bond donors (Lipinski definition) is 1. The molecular weight excluding hydrogens is 354 g/mol. The number of benzene rings is 1. The van der Waals surface area contributed by atoms with Gasteiger partial charge in [0.1, 0.15) is 10.6 Å². The standard InChI is InChI=1S/C17H17N5O3S/c1-11-16(26-21-19-11)17(24)18-9-10-22-15(23)8-7-14(20-22)12-3-5-13(25-2)6-4-12/h3-8H,9-10H2,1-2H3,(H,18,24). The van der Waals surface area contributed by atoms with Gasteiger partial charge in [0.2, 0.25) is 0 Å². The molecule has 8 nitrogen and oxygen atoms in total. The van der Waals surface area contributed by atoms with Gasteiger partial charge in [-0.2, -0.15) is 5.10 Å². The van der Waals surface area contributed by atoms with Crippen molar-refractivity contribution in [1.29, 1.82) is 0 Å². The van der Waals surface area contributed by atoms with Gasteiger partial charge in [-0.15, -0.1) is 5.10 Å². The topological polar surface area (TPSA) is 99.0 Å². The van der Waals surface area contributed by atoms with Crippen molar-refractivity contribution in [2.75, 3.05) is 13.7 Å². The highest BCUT2D eigenvalue weighted by molar-refractivity contribution is 7.07. The summed E-state index contributed by atoms with van der Waals surface area (Å²) in [6.07, 6.45) is 0. The van der Waals surface area contributed by atoms with Crippen LogP contribution in [0.4, 0.5) is 0 Å². The van der Waals surface area contributed by atoms with Crippen LogP contribution in [0.2, 0.25) is 0 Å². The van der Waals surface area contributed by atoms with E-state index in [0.717, 1.165) is 22.8 Å². The smallest absolute Gasteiger partial charge is 0.266 e. The van der Waals surface area contributed by atoms with Crippen LogP contribution in [0, 0.1) is 6.92 Å². The Kier molecular flexibility index (Phi) is 5.37. The van der Waals surface area contributed by atoms with Gasteiger partial charge in [-0.05, 0) is 48.8 Å². The van der Waals surface area contributed by atoms with Crippen LogP contribution in [0.25, 0.3) is 11.3 Å². The Hall–Kier alpha value is -3.07. The van der Waals surface area contributed by atoms with Crippen LogP contribution in [-0.2, 0) is 6.54 Å². The van der Waals surface area contributed by atoms with Gasteiger partial charge in [0, 0.05) is 18.2 Å². The second kappa shape index (κ2) is 7.87. The highest BCUT2D eigenvalue weighted by Gasteiger charge is 2.12. The maximum atomic E-state index is 12.1. The lowest BCUT2D eigenvalue weighted by Crippen LogP contribution is -2.31. The van der Waals surface area contributed by atoms with Gasteiger partial charge < -0.3 is 10.1 Å². The Bertz CT molecular complexity index is 965. The van der Waals surface area contributed by atoms with Crippen LogP contribution in [-0.4, -0.2) is 38.9 Å². The van der Waals surface area contributed by atoms with E-state index in [0.29, 0.717) is 16.3 Å². The molecule has 2 heterocycles. The lowest BCUT2D eigenvalue weighted by Gasteiger charge is -2.08. The third kappa shape index (κ3) is 3.94. The lowest BCUT2D eigenvalue weighted by molar-refractivity contribution is 0.0955. The number of ether oxygens (including phenoxy) is 1. The Morgan fingerprint density at radius 2 is 2.00 bits per heavy atom. The van der Waals surface area contributed by atoms with E-state index in [4.69, 9.17) is 4.74 Å². The third-order valence-corrected chi connectivity index (χ3v) is 4.55. The van der Waals surface area contributed by atoms with E-state index in [9.17, 15) is 9.59 Å². The number of nitrogens with zero attached hydrogens (tertiary/aromatic N) is 4. The molecule has 0 aliphatic rings. The number of aryl methyl sites for hydroxylation is 1. The maximum Gasteiger partial charge on any atom is 0.266 e. The summed E-state index contributed by atoms with van der Waals surface area (Å²) in [5.41, 5.74) is 1.90. The van der Waals surface area contributed by atoms with Crippen LogP contribution >= 0.6 is 11.5 Å². The van der Waals surface area contributed by atoms with Gasteiger partial charge in [0.05, 0.1) is 25.0 Å². The van der Waals surface area contributed by atoms with Gasteiger partial charge in [-0.25, -0.2) is 4.68 Å². The Morgan fingerprint density at radius 3 is 2.65 bits per heavy atom. The van der Waals surface area contributed by atoms with Crippen LogP contribution in [0.1, 0.15) is 15.4 Å². The molecule has 9 heteroatoms. The van der Waals surface area contributed by atoms with Crippen molar-refractivity contribution >= 4 is 17.4 Å². The van der Waals surface area contributed by atoms with E-state index in [1.165, 1.54) is 10.7 Å². The summed E-state index contributed by atoms with van der Waals surface area (Å²) in [4.78, 5) is 24.5. The van der Waals surface area contributed by atoms with E-state index in [1.54, 1.807) is 20.1 Å².